The third kappa shape index (κ3) is 2.08. The summed E-state index contributed by atoms with van der Waals surface area (Å²) in [6.45, 7) is -0.334. The monoisotopic (exact) mass is 254 g/mol. The number of hydrogen-bond acceptors (Lipinski definition) is 5. The number of aliphatic carboxylic acids is 1. The number of anilines is 1. The molecule has 2 rings (SSSR count). The largest absolute Gasteiger partial charge is 0.485 e. The Labute approximate surface area is 99.6 Å². The third-order valence-corrected chi connectivity index (χ3v) is 2.27. The van der Waals surface area contributed by atoms with Crippen LogP contribution in [0.2, 0.25) is 0 Å². The predicted octanol–water partition coefficient (Wildman–Crippen LogP) is 1.20. The van der Waals surface area contributed by atoms with Crippen molar-refractivity contribution in [1.29, 1.82) is 0 Å². The van der Waals surface area contributed by atoms with Crippen molar-refractivity contribution in [2.24, 2.45) is 0 Å². The molecule has 0 spiro atoms. The van der Waals surface area contributed by atoms with Crippen LogP contribution in [-0.4, -0.2) is 22.6 Å². The van der Waals surface area contributed by atoms with Gasteiger partial charge in [-0.15, -0.1) is 0 Å². The molecule has 0 amide bonds. The van der Waals surface area contributed by atoms with Gasteiger partial charge in [-0.25, -0.2) is 9.18 Å². The Balaban J connectivity index is 2.42. The number of benzene rings is 1. The lowest BCUT2D eigenvalue weighted by Crippen LogP contribution is -2.24. The predicted molar refractivity (Wildman–Crippen MR) is 57.2 cm³/mol. The van der Waals surface area contributed by atoms with Crippen LogP contribution >= 0.6 is 0 Å². The van der Waals surface area contributed by atoms with Gasteiger partial charge in [0, 0.05) is 6.07 Å². The minimum absolute atomic E-state index is 0.173. The van der Waals surface area contributed by atoms with Gasteiger partial charge in [-0.1, -0.05) is 0 Å². The average Bonchev–Trinajstić information content (AvgIpc) is 2.28. The molecule has 0 fully saturated rings. The number of ether oxygens (including phenoxy) is 1. The molecule has 0 aliphatic carbocycles. The summed E-state index contributed by atoms with van der Waals surface area (Å²) in [5, 5.41) is 21.9. The molecule has 0 radical (unpaired) electrons. The van der Waals surface area contributed by atoms with Gasteiger partial charge in [0.05, 0.1) is 10.6 Å². The molecule has 0 saturated heterocycles. The highest BCUT2D eigenvalue weighted by atomic mass is 19.1. The summed E-state index contributed by atoms with van der Waals surface area (Å²) in [7, 11) is 0. The van der Waals surface area contributed by atoms with Crippen molar-refractivity contribution in [3.05, 3.63) is 45.5 Å². The maximum Gasteiger partial charge on any atom is 0.409 e. The molecular weight excluding hydrogens is 247 g/mol. The molecule has 2 N–H and O–H groups in total. The molecule has 18 heavy (non-hydrogen) atoms. The topological polar surface area (TPSA) is 102 Å². The van der Waals surface area contributed by atoms with E-state index < -0.39 is 22.4 Å². The summed E-state index contributed by atoms with van der Waals surface area (Å²) in [6.07, 6.45) is 0. The molecule has 7 nitrogen and oxygen atoms in total. The van der Waals surface area contributed by atoms with Gasteiger partial charge in [0.15, 0.2) is 0 Å². The number of nitro groups is 1. The fourth-order valence-electron chi connectivity index (χ4n) is 1.51. The van der Waals surface area contributed by atoms with Gasteiger partial charge in [0.1, 0.15) is 23.9 Å². The van der Waals surface area contributed by atoms with E-state index in [9.17, 15) is 19.3 Å². The standard InChI is InChI=1S/C10H7FN2O5/c11-5-1-2-6-8(3-5)18-4-7(12-6)9(10(14)15)13(16)17/h1-3,12H,4H2,(H,14,15). The van der Waals surface area contributed by atoms with Crippen LogP contribution in [0.25, 0.3) is 0 Å². The van der Waals surface area contributed by atoms with Gasteiger partial charge in [-0.3, -0.25) is 10.1 Å². The fraction of sp³-hybridized carbons (Fsp3) is 0.100. The van der Waals surface area contributed by atoms with Gasteiger partial charge in [0.2, 0.25) is 0 Å². The maximum atomic E-state index is 12.9. The second kappa shape index (κ2) is 4.32. The van der Waals surface area contributed by atoms with E-state index in [-0.39, 0.29) is 23.7 Å². The van der Waals surface area contributed by atoms with Crippen LogP contribution < -0.4 is 10.1 Å². The van der Waals surface area contributed by atoms with E-state index in [0.717, 1.165) is 12.1 Å². The molecule has 94 valence electrons. The Hall–Kier alpha value is -2.64. The number of nitrogens with zero attached hydrogens (tertiary/aromatic N) is 1. The Kier molecular flexibility index (Phi) is 2.84. The zero-order valence-corrected chi connectivity index (χ0v) is 8.84. The lowest BCUT2D eigenvalue weighted by atomic mass is 10.2. The van der Waals surface area contributed by atoms with Crippen molar-refractivity contribution in [3.63, 3.8) is 0 Å². The first-order valence-electron chi connectivity index (χ1n) is 4.79. The first-order valence-corrected chi connectivity index (χ1v) is 4.79. The summed E-state index contributed by atoms with van der Waals surface area (Å²) in [4.78, 5) is 20.4. The zero-order chi connectivity index (χ0) is 13.3. The van der Waals surface area contributed by atoms with E-state index in [1.54, 1.807) is 0 Å². The highest BCUT2D eigenvalue weighted by Gasteiger charge is 2.30. The van der Waals surface area contributed by atoms with Gasteiger partial charge in [0.25, 0.3) is 0 Å². The van der Waals surface area contributed by atoms with Crippen LogP contribution in [-0.2, 0) is 4.79 Å². The first kappa shape index (κ1) is 11.8. The summed E-state index contributed by atoms with van der Waals surface area (Å²) < 4.78 is 18.0. The highest BCUT2D eigenvalue weighted by Crippen LogP contribution is 2.31. The molecule has 0 aromatic heterocycles. The minimum atomic E-state index is -1.67. The maximum absolute atomic E-state index is 12.9. The second-order valence-corrected chi connectivity index (χ2v) is 3.44. The van der Waals surface area contributed by atoms with Crippen LogP contribution in [0.4, 0.5) is 10.1 Å². The van der Waals surface area contributed by atoms with Crippen LogP contribution in [0.5, 0.6) is 5.75 Å². The van der Waals surface area contributed by atoms with E-state index >= 15 is 0 Å². The van der Waals surface area contributed by atoms with Crippen molar-refractivity contribution in [3.8, 4) is 5.75 Å². The van der Waals surface area contributed by atoms with E-state index in [4.69, 9.17) is 9.84 Å². The molecule has 0 atom stereocenters. The van der Waals surface area contributed by atoms with Crippen molar-refractivity contribution in [1.82, 2.24) is 0 Å². The Morgan fingerprint density at radius 3 is 2.89 bits per heavy atom. The summed E-state index contributed by atoms with van der Waals surface area (Å²) in [6, 6.07) is 3.54. The number of hydrogen-bond donors (Lipinski definition) is 2. The fourth-order valence-corrected chi connectivity index (χ4v) is 1.51. The molecule has 1 aromatic rings. The number of nitrogens with one attached hydrogen (secondary N) is 1. The van der Waals surface area contributed by atoms with E-state index in [1.807, 2.05) is 0 Å². The normalized spacial score (nSPS) is 16.1. The molecule has 8 heteroatoms. The smallest absolute Gasteiger partial charge is 0.409 e. The number of rotatable bonds is 2. The van der Waals surface area contributed by atoms with Crippen LogP contribution in [0.3, 0.4) is 0 Å². The lowest BCUT2D eigenvalue weighted by Gasteiger charge is -2.20. The SMILES string of the molecule is O=C(O)C(=C1COc2cc(F)ccc2N1)[N+](=O)[O-]. The molecule has 1 heterocycles. The van der Waals surface area contributed by atoms with Crippen LogP contribution in [0.15, 0.2) is 29.6 Å². The van der Waals surface area contributed by atoms with Gasteiger partial charge >= 0.3 is 11.7 Å². The van der Waals surface area contributed by atoms with Crippen molar-refractivity contribution in [2.75, 3.05) is 11.9 Å². The van der Waals surface area contributed by atoms with Crippen molar-refractivity contribution in [2.45, 2.75) is 0 Å². The average molecular weight is 254 g/mol. The molecule has 1 aromatic carbocycles. The molecule has 0 bridgehead atoms. The highest BCUT2D eigenvalue weighted by molar-refractivity contribution is 5.86. The van der Waals surface area contributed by atoms with Crippen LogP contribution in [0, 0.1) is 15.9 Å². The number of carboxylic acids is 1. The Bertz CT molecular complexity index is 553. The molecular formula is C10H7FN2O5. The van der Waals surface area contributed by atoms with Gasteiger partial charge in [-0.05, 0) is 12.1 Å². The second-order valence-electron chi connectivity index (χ2n) is 3.44. The van der Waals surface area contributed by atoms with Crippen LogP contribution in [0.1, 0.15) is 0 Å². The van der Waals surface area contributed by atoms with Gasteiger partial charge in [-0.2, -0.15) is 0 Å². The van der Waals surface area contributed by atoms with E-state index in [2.05, 4.69) is 5.32 Å². The number of fused-ring (bicyclic) bond motifs is 1. The number of carbonyl (C=O) groups is 1. The quantitative estimate of drug-likeness (QED) is 0.467. The van der Waals surface area contributed by atoms with Crippen molar-refractivity contribution < 1.29 is 24.0 Å². The molecule has 0 saturated carbocycles. The Morgan fingerprint density at radius 1 is 1.56 bits per heavy atom. The van der Waals surface area contributed by atoms with E-state index in [0.29, 0.717) is 0 Å². The lowest BCUT2D eigenvalue weighted by molar-refractivity contribution is -0.422. The number of halogens is 1. The molecule has 0 unspecified atom stereocenters. The first-order chi connectivity index (χ1) is 8.49. The summed E-state index contributed by atoms with van der Waals surface area (Å²) >= 11 is 0. The molecule has 1 aliphatic rings. The van der Waals surface area contributed by atoms with E-state index in [1.165, 1.54) is 6.07 Å². The van der Waals surface area contributed by atoms with Crippen molar-refractivity contribution >= 4 is 11.7 Å². The Morgan fingerprint density at radius 2 is 2.28 bits per heavy atom. The number of carboxylic acid groups (broad SMARTS) is 1. The summed E-state index contributed by atoms with van der Waals surface area (Å²) in [5.74, 6) is -2.01. The van der Waals surface area contributed by atoms with Gasteiger partial charge < -0.3 is 15.2 Å². The summed E-state index contributed by atoms with van der Waals surface area (Å²) in [5.41, 5.74) is -0.908. The molecule has 1 aliphatic heterocycles. The third-order valence-electron chi connectivity index (χ3n) is 2.27. The minimum Gasteiger partial charge on any atom is -0.485 e. The zero-order valence-electron chi connectivity index (χ0n) is 8.84.